The number of carboxylic acid groups (broad SMARTS) is 1. The fourth-order valence-electron chi connectivity index (χ4n) is 4.68. The zero-order chi connectivity index (χ0) is 31.1. The maximum atomic E-state index is 14.1. The first-order valence-corrected chi connectivity index (χ1v) is 14.0. The smallest absolute Gasteiger partial charge is 0.409 e. The van der Waals surface area contributed by atoms with Crippen LogP contribution in [0.5, 0.6) is 17.2 Å². The number of phenolic OH excluding ortho intramolecular Hbond substituents is 2. The number of hydrogen-bond acceptors (Lipinski definition) is 9. The van der Waals surface area contributed by atoms with E-state index in [9.17, 15) is 29.7 Å². The molecule has 0 fully saturated rings. The quantitative estimate of drug-likeness (QED) is 0.126. The highest BCUT2D eigenvalue weighted by atomic mass is 16.6. The largest absolute Gasteiger partial charge is 0.508 e. The number of aromatic hydroxyl groups is 2. The number of rotatable bonds is 13. The van der Waals surface area contributed by atoms with Crippen molar-refractivity contribution in [3.8, 4) is 28.4 Å². The van der Waals surface area contributed by atoms with Gasteiger partial charge in [0.1, 0.15) is 33.8 Å². The van der Waals surface area contributed by atoms with Gasteiger partial charge in [0.15, 0.2) is 11.4 Å². The molecule has 1 aromatic heterocycles. The molecule has 42 heavy (non-hydrogen) atoms. The number of ether oxygens (including phenoxy) is 2. The number of methoxy groups -OCH3 is 1. The van der Waals surface area contributed by atoms with Crippen LogP contribution in [0.3, 0.4) is 0 Å². The van der Waals surface area contributed by atoms with Gasteiger partial charge in [0, 0.05) is 25.0 Å². The zero-order valence-corrected chi connectivity index (χ0v) is 24.7. The lowest BCUT2D eigenvalue weighted by Gasteiger charge is -2.36. The van der Waals surface area contributed by atoms with Crippen molar-refractivity contribution in [2.45, 2.75) is 77.5 Å². The molecule has 0 aliphatic carbocycles. The van der Waals surface area contributed by atoms with Gasteiger partial charge in [-0.3, -0.25) is 20.2 Å². The number of carbonyl (C=O) groups is 2. The molecule has 1 atom stereocenters. The Morgan fingerprint density at radius 2 is 1.71 bits per heavy atom. The number of fused-ring (bicyclic) bond motifs is 1. The molecule has 0 bridgehead atoms. The van der Waals surface area contributed by atoms with Crippen molar-refractivity contribution in [2.75, 3.05) is 13.7 Å². The van der Waals surface area contributed by atoms with Gasteiger partial charge in [-0.25, -0.2) is 4.79 Å². The Balaban J connectivity index is 2.38. The second-order valence-corrected chi connectivity index (χ2v) is 11.1. The van der Waals surface area contributed by atoms with E-state index < -0.39 is 40.9 Å². The van der Waals surface area contributed by atoms with Gasteiger partial charge >= 0.3 is 12.1 Å². The Kier molecular flexibility index (Phi) is 10.5. The van der Waals surface area contributed by atoms with Crippen molar-refractivity contribution in [3.63, 3.8) is 0 Å². The average Bonchev–Trinajstić information content (AvgIpc) is 2.90. The molecule has 0 aliphatic rings. The van der Waals surface area contributed by atoms with Crippen molar-refractivity contribution in [1.82, 2.24) is 10.6 Å². The number of nitrogens with one attached hydrogen (secondary N) is 2. The fraction of sp³-hybridized carbons (Fsp3) is 0.452. The molecule has 0 saturated heterocycles. The van der Waals surface area contributed by atoms with Gasteiger partial charge < -0.3 is 29.2 Å². The number of hydrogen-bond donors (Lipinski definition) is 5. The first kappa shape index (κ1) is 32.3. The van der Waals surface area contributed by atoms with Crippen LogP contribution in [0.25, 0.3) is 22.1 Å². The van der Waals surface area contributed by atoms with E-state index in [2.05, 4.69) is 17.6 Å². The third kappa shape index (κ3) is 7.94. The predicted molar refractivity (Wildman–Crippen MR) is 158 cm³/mol. The van der Waals surface area contributed by atoms with Crippen molar-refractivity contribution < 1.29 is 38.8 Å². The molecule has 3 rings (SSSR count). The standard InChI is InChI=1S/C31H40N2O9/c1-6-7-8-9-16-32-31(15-14-24(36)37,33-29(39)42-30(2,3)4)28-25(19-10-12-21(40-5)13-11-19)27(38)26-22(35)17-20(34)18-23(26)41-28/h10-13,17-18,32,34-35H,6-9,14-16H2,1-5H3,(H,33,39)(H,36,37). The highest BCUT2D eigenvalue weighted by Gasteiger charge is 2.42. The normalized spacial score (nSPS) is 13.0. The maximum absolute atomic E-state index is 14.1. The summed E-state index contributed by atoms with van der Waals surface area (Å²) in [5.74, 6) is -1.56. The van der Waals surface area contributed by atoms with Crippen LogP contribution in [0, 0.1) is 0 Å². The molecule has 0 radical (unpaired) electrons. The monoisotopic (exact) mass is 584 g/mol. The van der Waals surface area contributed by atoms with Gasteiger partial charge in [-0.05, 0) is 51.4 Å². The number of aliphatic carboxylic acids is 1. The summed E-state index contributed by atoms with van der Waals surface area (Å²) in [4.78, 5) is 39.3. The predicted octanol–water partition coefficient (Wildman–Crippen LogP) is 5.59. The number of alkyl carbamates (subject to hydrolysis) is 1. The summed E-state index contributed by atoms with van der Waals surface area (Å²) in [6.07, 6.45) is 2.04. The van der Waals surface area contributed by atoms with Crippen LogP contribution in [-0.2, 0) is 15.2 Å². The molecule has 228 valence electrons. The first-order chi connectivity index (χ1) is 19.8. The van der Waals surface area contributed by atoms with E-state index >= 15 is 0 Å². The van der Waals surface area contributed by atoms with Gasteiger partial charge in [-0.15, -0.1) is 0 Å². The zero-order valence-electron chi connectivity index (χ0n) is 24.7. The number of amides is 1. The van der Waals surface area contributed by atoms with Gasteiger partial charge in [0.25, 0.3) is 0 Å². The lowest BCUT2D eigenvalue weighted by atomic mass is 9.91. The molecule has 0 spiro atoms. The van der Waals surface area contributed by atoms with E-state index in [1.54, 1.807) is 45.0 Å². The van der Waals surface area contributed by atoms with Gasteiger partial charge in [0.05, 0.1) is 12.7 Å². The fourth-order valence-corrected chi connectivity index (χ4v) is 4.68. The van der Waals surface area contributed by atoms with Gasteiger partial charge in [-0.1, -0.05) is 38.3 Å². The SMILES string of the molecule is CCCCCCNC(CCC(=O)O)(NC(=O)OC(C)(C)C)c1oc2cc(O)cc(O)c2c(=O)c1-c1ccc(OC)cc1. The Hall–Kier alpha value is -4.25. The minimum Gasteiger partial charge on any atom is -0.508 e. The number of benzene rings is 2. The van der Waals surface area contributed by atoms with Gasteiger partial charge in [0.2, 0.25) is 5.43 Å². The average molecular weight is 585 g/mol. The summed E-state index contributed by atoms with van der Waals surface area (Å²) in [5.41, 5.74) is -3.07. The molecule has 2 aromatic carbocycles. The van der Waals surface area contributed by atoms with E-state index in [1.165, 1.54) is 13.2 Å². The molecule has 0 saturated carbocycles. The molecular weight excluding hydrogens is 544 g/mol. The minimum atomic E-state index is -1.74. The summed E-state index contributed by atoms with van der Waals surface area (Å²) < 4.78 is 17.1. The molecule has 5 N–H and O–H groups in total. The highest BCUT2D eigenvalue weighted by Crippen LogP contribution is 2.38. The van der Waals surface area contributed by atoms with E-state index in [0.717, 1.165) is 25.3 Å². The summed E-state index contributed by atoms with van der Waals surface area (Å²) >= 11 is 0. The van der Waals surface area contributed by atoms with Crippen LogP contribution in [0.15, 0.2) is 45.6 Å². The molecule has 11 nitrogen and oxygen atoms in total. The van der Waals surface area contributed by atoms with E-state index in [-0.39, 0.29) is 34.5 Å². The number of carbonyl (C=O) groups excluding carboxylic acids is 1. The van der Waals surface area contributed by atoms with Crippen molar-refractivity contribution in [2.24, 2.45) is 0 Å². The first-order valence-electron chi connectivity index (χ1n) is 14.0. The molecule has 1 unspecified atom stereocenters. The lowest BCUT2D eigenvalue weighted by molar-refractivity contribution is -0.137. The van der Waals surface area contributed by atoms with Gasteiger partial charge in [-0.2, -0.15) is 0 Å². The molecular formula is C31H40N2O9. The van der Waals surface area contributed by atoms with Crippen LogP contribution < -0.4 is 20.8 Å². The molecule has 3 aromatic rings. The molecule has 1 heterocycles. The molecule has 11 heteroatoms. The van der Waals surface area contributed by atoms with Crippen LogP contribution in [-0.4, -0.2) is 46.6 Å². The third-order valence-corrected chi connectivity index (χ3v) is 6.61. The van der Waals surface area contributed by atoms with E-state index in [0.29, 0.717) is 24.3 Å². The Morgan fingerprint density at radius 1 is 1.02 bits per heavy atom. The highest BCUT2D eigenvalue weighted by molar-refractivity contribution is 5.89. The second kappa shape index (κ2) is 13.6. The van der Waals surface area contributed by atoms with Crippen LogP contribution in [0.2, 0.25) is 0 Å². The summed E-state index contributed by atoms with van der Waals surface area (Å²) in [6, 6.07) is 8.71. The topological polar surface area (TPSA) is 168 Å². The second-order valence-electron chi connectivity index (χ2n) is 11.1. The summed E-state index contributed by atoms with van der Waals surface area (Å²) in [5, 5.41) is 36.4. The van der Waals surface area contributed by atoms with Crippen molar-refractivity contribution in [1.29, 1.82) is 0 Å². The number of phenols is 2. The Labute approximate surface area is 244 Å². The lowest BCUT2D eigenvalue weighted by Crippen LogP contribution is -2.58. The van der Waals surface area contributed by atoms with Crippen LogP contribution in [0.1, 0.15) is 72.0 Å². The minimum absolute atomic E-state index is 0.0198. The number of carboxylic acids is 1. The van der Waals surface area contributed by atoms with E-state index in [4.69, 9.17) is 13.9 Å². The van der Waals surface area contributed by atoms with Crippen LogP contribution in [0.4, 0.5) is 4.79 Å². The molecule has 1 amide bonds. The van der Waals surface area contributed by atoms with Crippen LogP contribution >= 0.6 is 0 Å². The van der Waals surface area contributed by atoms with Crippen molar-refractivity contribution >= 4 is 23.0 Å². The summed E-state index contributed by atoms with van der Waals surface area (Å²) in [7, 11) is 1.50. The Morgan fingerprint density at radius 3 is 2.31 bits per heavy atom. The maximum Gasteiger partial charge on any atom is 0.409 e. The van der Waals surface area contributed by atoms with Crippen molar-refractivity contribution in [3.05, 3.63) is 52.4 Å². The third-order valence-electron chi connectivity index (χ3n) is 6.61. The summed E-state index contributed by atoms with van der Waals surface area (Å²) in [6.45, 7) is 7.48. The number of unbranched alkanes of at least 4 members (excludes halogenated alkanes) is 3. The Bertz CT molecular complexity index is 1460. The van der Waals surface area contributed by atoms with E-state index in [1.807, 2.05) is 0 Å². The molecule has 0 aliphatic heterocycles.